The van der Waals surface area contributed by atoms with E-state index in [0.29, 0.717) is 5.56 Å². The summed E-state index contributed by atoms with van der Waals surface area (Å²) in [6.07, 6.45) is 0. The highest BCUT2D eigenvalue weighted by atomic mass is 16.5. The number of aromatic carboxylic acids is 1. The normalized spacial score (nSPS) is 13.7. The molecule has 6 nitrogen and oxygen atoms in total. The van der Waals surface area contributed by atoms with Crippen LogP contribution in [0.5, 0.6) is 0 Å². The van der Waals surface area contributed by atoms with Crippen LogP contribution < -0.4 is 10.2 Å². The molecule has 1 heterocycles. The molecule has 6 heteroatoms. The van der Waals surface area contributed by atoms with Crippen LogP contribution in [0.3, 0.4) is 0 Å². The minimum absolute atomic E-state index is 0.196. The molecular weight excluding hydrogens is 380 g/mol. The molecule has 0 spiro atoms. The third-order valence-corrected chi connectivity index (χ3v) is 5.09. The first-order valence-electron chi connectivity index (χ1n) is 9.78. The maximum absolute atomic E-state index is 12.7. The van der Waals surface area contributed by atoms with Crippen molar-refractivity contribution in [2.45, 2.75) is 0 Å². The second-order valence-corrected chi connectivity index (χ2v) is 7.06. The number of carboxylic acids is 1. The van der Waals surface area contributed by atoms with Crippen molar-refractivity contribution in [2.75, 3.05) is 36.5 Å². The lowest BCUT2D eigenvalue weighted by molar-refractivity contribution is 0.0696. The Labute approximate surface area is 174 Å². The van der Waals surface area contributed by atoms with Crippen LogP contribution >= 0.6 is 0 Å². The molecular formula is C24H22N2O4. The van der Waals surface area contributed by atoms with Gasteiger partial charge in [0.15, 0.2) is 0 Å². The zero-order chi connectivity index (χ0) is 20.9. The number of anilines is 2. The Morgan fingerprint density at radius 3 is 2.20 bits per heavy atom. The predicted octanol–water partition coefficient (Wildman–Crippen LogP) is 4.14. The molecule has 0 unspecified atom stereocenters. The molecule has 3 aromatic rings. The topological polar surface area (TPSA) is 78.9 Å². The van der Waals surface area contributed by atoms with Crippen LogP contribution in [0.25, 0.3) is 11.1 Å². The Bertz CT molecular complexity index is 1040. The van der Waals surface area contributed by atoms with Gasteiger partial charge in [0.25, 0.3) is 5.91 Å². The molecule has 4 rings (SSSR count). The summed E-state index contributed by atoms with van der Waals surface area (Å²) in [5.41, 5.74) is 4.31. The summed E-state index contributed by atoms with van der Waals surface area (Å²) in [5, 5.41) is 12.0. The molecule has 1 aliphatic rings. The van der Waals surface area contributed by atoms with E-state index in [9.17, 15) is 9.59 Å². The summed E-state index contributed by atoms with van der Waals surface area (Å²) >= 11 is 0. The SMILES string of the molecule is O=C(O)c1ccc(-c2cccc(C(=O)Nc3ccc(N4CCOCC4)cc3)c2)cc1. The van der Waals surface area contributed by atoms with Crippen LogP contribution in [0.2, 0.25) is 0 Å². The number of nitrogens with zero attached hydrogens (tertiary/aromatic N) is 1. The molecule has 30 heavy (non-hydrogen) atoms. The lowest BCUT2D eigenvalue weighted by Crippen LogP contribution is -2.36. The monoisotopic (exact) mass is 402 g/mol. The quantitative estimate of drug-likeness (QED) is 0.671. The molecule has 0 saturated carbocycles. The maximum atomic E-state index is 12.7. The Balaban J connectivity index is 1.46. The number of nitrogens with one attached hydrogen (secondary N) is 1. The van der Waals surface area contributed by atoms with Crippen LogP contribution in [0.15, 0.2) is 72.8 Å². The van der Waals surface area contributed by atoms with Gasteiger partial charge >= 0.3 is 5.97 Å². The first-order chi connectivity index (χ1) is 14.6. The summed E-state index contributed by atoms with van der Waals surface area (Å²) in [6, 6.07) is 21.7. The van der Waals surface area contributed by atoms with E-state index in [1.54, 1.807) is 36.4 Å². The van der Waals surface area contributed by atoms with Crippen molar-refractivity contribution in [3.05, 3.63) is 83.9 Å². The molecule has 1 fully saturated rings. The molecule has 1 aliphatic heterocycles. The largest absolute Gasteiger partial charge is 0.478 e. The van der Waals surface area contributed by atoms with Crippen LogP contribution in [0.1, 0.15) is 20.7 Å². The number of hydrogen-bond acceptors (Lipinski definition) is 4. The van der Waals surface area contributed by atoms with Gasteiger partial charge in [0.1, 0.15) is 0 Å². The van der Waals surface area contributed by atoms with E-state index in [4.69, 9.17) is 9.84 Å². The van der Waals surface area contributed by atoms with Crippen molar-refractivity contribution in [1.82, 2.24) is 0 Å². The summed E-state index contributed by atoms with van der Waals surface area (Å²) < 4.78 is 5.38. The number of carboxylic acid groups (broad SMARTS) is 1. The van der Waals surface area contributed by atoms with Crippen LogP contribution in [0.4, 0.5) is 11.4 Å². The number of ether oxygens (including phenoxy) is 1. The lowest BCUT2D eigenvalue weighted by Gasteiger charge is -2.28. The zero-order valence-electron chi connectivity index (χ0n) is 16.4. The zero-order valence-corrected chi connectivity index (χ0v) is 16.4. The van der Waals surface area contributed by atoms with Gasteiger partial charge in [-0.1, -0.05) is 24.3 Å². The molecule has 0 radical (unpaired) electrons. The summed E-state index contributed by atoms with van der Waals surface area (Å²) in [5.74, 6) is -1.16. The number of benzene rings is 3. The average molecular weight is 402 g/mol. The van der Waals surface area contributed by atoms with Gasteiger partial charge in [-0.2, -0.15) is 0 Å². The van der Waals surface area contributed by atoms with Gasteiger partial charge in [-0.3, -0.25) is 4.79 Å². The molecule has 0 aromatic heterocycles. The number of rotatable bonds is 5. The highest BCUT2D eigenvalue weighted by Crippen LogP contribution is 2.23. The van der Waals surface area contributed by atoms with Gasteiger partial charge in [-0.15, -0.1) is 0 Å². The van der Waals surface area contributed by atoms with Crippen molar-refractivity contribution in [2.24, 2.45) is 0 Å². The fourth-order valence-corrected chi connectivity index (χ4v) is 3.43. The van der Waals surface area contributed by atoms with E-state index in [1.165, 1.54) is 0 Å². The lowest BCUT2D eigenvalue weighted by atomic mass is 10.0. The molecule has 152 valence electrons. The van der Waals surface area contributed by atoms with E-state index in [1.807, 2.05) is 36.4 Å². The minimum atomic E-state index is -0.964. The van der Waals surface area contributed by atoms with Crippen molar-refractivity contribution in [1.29, 1.82) is 0 Å². The average Bonchev–Trinajstić information content (AvgIpc) is 2.80. The molecule has 0 atom stereocenters. The molecule has 1 amide bonds. The van der Waals surface area contributed by atoms with Crippen LogP contribution in [0, 0.1) is 0 Å². The fraction of sp³-hybridized carbons (Fsp3) is 0.167. The maximum Gasteiger partial charge on any atom is 0.335 e. The standard InChI is InChI=1S/C24H22N2O4/c27-23(25-21-8-10-22(11-9-21)26-12-14-30-15-13-26)20-3-1-2-19(16-20)17-4-6-18(7-5-17)24(28)29/h1-11,16H,12-15H2,(H,25,27)(H,28,29). The molecule has 0 bridgehead atoms. The molecule has 1 saturated heterocycles. The Morgan fingerprint density at radius 1 is 0.833 bits per heavy atom. The Hall–Kier alpha value is -3.64. The summed E-state index contributed by atoms with van der Waals surface area (Å²) in [7, 11) is 0. The second-order valence-electron chi connectivity index (χ2n) is 7.06. The smallest absolute Gasteiger partial charge is 0.335 e. The van der Waals surface area contributed by atoms with Gasteiger partial charge in [0.05, 0.1) is 18.8 Å². The van der Waals surface area contributed by atoms with Gasteiger partial charge in [0, 0.05) is 30.0 Å². The van der Waals surface area contributed by atoms with E-state index < -0.39 is 5.97 Å². The number of amides is 1. The summed E-state index contributed by atoms with van der Waals surface area (Å²) in [4.78, 5) is 26.0. The molecule has 2 N–H and O–H groups in total. The number of carbonyl (C=O) groups excluding carboxylic acids is 1. The number of morpholine rings is 1. The summed E-state index contributed by atoms with van der Waals surface area (Å²) in [6.45, 7) is 3.19. The highest BCUT2D eigenvalue weighted by molar-refractivity contribution is 6.05. The van der Waals surface area contributed by atoms with Crippen molar-refractivity contribution >= 4 is 23.3 Å². The van der Waals surface area contributed by atoms with Gasteiger partial charge in [-0.05, 0) is 59.7 Å². The van der Waals surface area contributed by atoms with E-state index in [2.05, 4.69) is 10.2 Å². The van der Waals surface area contributed by atoms with Gasteiger partial charge in [-0.25, -0.2) is 4.79 Å². The van der Waals surface area contributed by atoms with Gasteiger partial charge < -0.3 is 20.1 Å². The highest BCUT2D eigenvalue weighted by Gasteiger charge is 2.12. The number of hydrogen-bond donors (Lipinski definition) is 2. The first-order valence-corrected chi connectivity index (χ1v) is 9.78. The third-order valence-electron chi connectivity index (χ3n) is 5.09. The van der Waals surface area contributed by atoms with Crippen molar-refractivity contribution in [3.8, 4) is 11.1 Å². The Kier molecular flexibility index (Phi) is 5.77. The third kappa shape index (κ3) is 4.50. The van der Waals surface area contributed by atoms with Crippen LogP contribution in [-0.4, -0.2) is 43.3 Å². The number of carbonyl (C=O) groups is 2. The van der Waals surface area contributed by atoms with E-state index in [0.717, 1.165) is 48.8 Å². The van der Waals surface area contributed by atoms with Crippen LogP contribution in [-0.2, 0) is 4.74 Å². The predicted molar refractivity (Wildman–Crippen MR) is 116 cm³/mol. The molecule has 3 aromatic carbocycles. The second kappa shape index (κ2) is 8.80. The van der Waals surface area contributed by atoms with Gasteiger partial charge in [0.2, 0.25) is 0 Å². The fourth-order valence-electron chi connectivity index (χ4n) is 3.43. The van der Waals surface area contributed by atoms with E-state index >= 15 is 0 Å². The Morgan fingerprint density at radius 2 is 1.53 bits per heavy atom. The molecule has 0 aliphatic carbocycles. The first kappa shape index (κ1) is 19.7. The minimum Gasteiger partial charge on any atom is -0.478 e. The van der Waals surface area contributed by atoms with E-state index in [-0.39, 0.29) is 11.5 Å². The van der Waals surface area contributed by atoms with Crippen molar-refractivity contribution in [3.63, 3.8) is 0 Å². The van der Waals surface area contributed by atoms with Crippen molar-refractivity contribution < 1.29 is 19.4 Å².